The Morgan fingerprint density at radius 1 is 1.19 bits per heavy atom. The molecule has 0 unspecified atom stereocenters. The van der Waals surface area contributed by atoms with E-state index in [1.807, 2.05) is 6.07 Å². The molecule has 0 bridgehead atoms. The van der Waals surface area contributed by atoms with Gasteiger partial charge in [-0.25, -0.2) is 0 Å². The van der Waals surface area contributed by atoms with E-state index in [2.05, 4.69) is 50.1 Å². The van der Waals surface area contributed by atoms with Gasteiger partial charge < -0.3 is 10.0 Å². The first-order valence-electron chi connectivity index (χ1n) is 6.00. The lowest BCUT2D eigenvalue weighted by Gasteiger charge is -2.20. The molecule has 0 amide bonds. The molecular formula is C14H23NO. The highest BCUT2D eigenvalue weighted by Crippen LogP contribution is 2.08. The molecule has 0 heterocycles. The van der Waals surface area contributed by atoms with Crippen molar-refractivity contribution in [2.75, 3.05) is 13.6 Å². The summed E-state index contributed by atoms with van der Waals surface area (Å²) in [6.45, 7) is 6.00. The van der Waals surface area contributed by atoms with Crippen LogP contribution in [0.15, 0.2) is 30.3 Å². The molecule has 0 fully saturated rings. The van der Waals surface area contributed by atoms with Gasteiger partial charge in [-0.15, -0.1) is 0 Å². The highest BCUT2D eigenvalue weighted by Gasteiger charge is 2.10. The van der Waals surface area contributed by atoms with Crippen LogP contribution in [0.2, 0.25) is 0 Å². The van der Waals surface area contributed by atoms with Crippen LogP contribution in [0.3, 0.4) is 0 Å². The Hall–Kier alpha value is -0.860. The molecule has 0 spiro atoms. The summed E-state index contributed by atoms with van der Waals surface area (Å²) in [5, 5.41) is 9.71. The lowest BCUT2D eigenvalue weighted by Crippen LogP contribution is -2.25. The summed E-state index contributed by atoms with van der Waals surface area (Å²) in [7, 11) is 2.10. The van der Waals surface area contributed by atoms with E-state index < -0.39 is 0 Å². The van der Waals surface area contributed by atoms with E-state index in [9.17, 15) is 5.11 Å². The maximum atomic E-state index is 9.71. The smallest absolute Gasteiger partial charge is 0.0575 e. The monoisotopic (exact) mass is 221 g/mol. The summed E-state index contributed by atoms with van der Waals surface area (Å²) in [5.41, 5.74) is 1.32. The summed E-state index contributed by atoms with van der Waals surface area (Å²) >= 11 is 0. The van der Waals surface area contributed by atoms with Gasteiger partial charge in [0.25, 0.3) is 0 Å². The van der Waals surface area contributed by atoms with Crippen LogP contribution in [-0.2, 0) is 6.54 Å². The van der Waals surface area contributed by atoms with Gasteiger partial charge in [0.15, 0.2) is 0 Å². The number of nitrogens with zero attached hydrogens (tertiary/aromatic N) is 1. The van der Waals surface area contributed by atoms with E-state index >= 15 is 0 Å². The van der Waals surface area contributed by atoms with Gasteiger partial charge in [-0.05, 0) is 24.9 Å². The van der Waals surface area contributed by atoms with E-state index in [0.29, 0.717) is 5.92 Å². The second-order valence-electron chi connectivity index (χ2n) is 4.82. The van der Waals surface area contributed by atoms with E-state index in [4.69, 9.17) is 0 Å². The van der Waals surface area contributed by atoms with E-state index in [1.165, 1.54) is 5.56 Å². The Morgan fingerprint density at radius 2 is 1.81 bits per heavy atom. The third kappa shape index (κ3) is 4.77. The van der Waals surface area contributed by atoms with Gasteiger partial charge in [0, 0.05) is 13.1 Å². The zero-order valence-electron chi connectivity index (χ0n) is 10.6. The highest BCUT2D eigenvalue weighted by molar-refractivity contribution is 5.14. The highest BCUT2D eigenvalue weighted by atomic mass is 16.3. The number of hydrogen-bond donors (Lipinski definition) is 1. The van der Waals surface area contributed by atoms with Crippen LogP contribution in [0.4, 0.5) is 0 Å². The van der Waals surface area contributed by atoms with Gasteiger partial charge >= 0.3 is 0 Å². The maximum absolute atomic E-state index is 9.71. The van der Waals surface area contributed by atoms with Gasteiger partial charge in [-0.1, -0.05) is 44.2 Å². The quantitative estimate of drug-likeness (QED) is 0.798. The normalized spacial score (nSPS) is 13.4. The lowest BCUT2D eigenvalue weighted by molar-refractivity contribution is 0.103. The number of aliphatic hydroxyl groups is 1. The van der Waals surface area contributed by atoms with Gasteiger partial charge in [0.2, 0.25) is 0 Å². The average Bonchev–Trinajstić information content (AvgIpc) is 2.27. The average molecular weight is 221 g/mol. The van der Waals surface area contributed by atoms with Crippen LogP contribution in [0.1, 0.15) is 25.8 Å². The molecule has 1 aromatic rings. The molecule has 0 radical (unpaired) electrons. The predicted octanol–water partition coefficient (Wildman–Crippen LogP) is 2.53. The molecule has 16 heavy (non-hydrogen) atoms. The lowest BCUT2D eigenvalue weighted by atomic mass is 10.0. The van der Waals surface area contributed by atoms with E-state index in [1.54, 1.807) is 0 Å². The van der Waals surface area contributed by atoms with Crippen molar-refractivity contribution in [3.8, 4) is 0 Å². The topological polar surface area (TPSA) is 23.5 Å². The molecule has 90 valence electrons. The van der Waals surface area contributed by atoms with Crippen molar-refractivity contribution >= 4 is 0 Å². The van der Waals surface area contributed by atoms with Crippen molar-refractivity contribution in [2.24, 2.45) is 5.92 Å². The minimum atomic E-state index is -0.182. The molecule has 0 saturated heterocycles. The molecule has 2 heteroatoms. The zero-order valence-corrected chi connectivity index (χ0v) is 10.6. The van der Waals surface area contributed by atoms with Crippen molar-refractivity contribution in [1.82, 2.24) is 4.90 Å². The molecule has 0 aliphatic carbocycles. The standard InChI is InChI=1S/C14H23NO/c1-12(2)14(16)9-10-15(3)11-13-7-5-4-6-8-13/h4-8,12,14,16H,9-11H2,1-3H3/t14-/m0/s1. The first kappa shape index (κ1) is 13.2. The fourth-order valence-electron chi connectivity index (χ4n) is 1.66. The molecule has 0 aliphatic heterocycles. The maximum Gasteiger partial charge on any atom is 0.0575 e. The van der Waals surface area contributed by atoms with Crippen molar-refractivity contribution in [3.63, 3.8) is 0 Å². The van der Waals surface area contributed by atoms with Gasteiger partial charge in [-0.3, -0.25) is 0 Å². The minimum Gasteiger partial charge on any atom is -0.393 e. The fourth-order valence-corrected chi connectivity index (χ4v) is 1.66. The predicted molar refractivity (Wildman–Crippen MR) is 68.2 cm³/mol. The van der Waals surface area contributed by atoms with Crippen LogP contribution in [0, 0.1) is 5.92 Å². The number of rotatable bonds is 6. The fraction of sp³-hybridized carbons (Fsp3) is 0.571. The summed E-state index contributed by atoms with van der Waals surface area (Å²) in [6, 6.07) is 10.4. The van der Waals surface area contributed by atoms with Crippen molar-refractivity contribution in [3.05, 3.63) is 35.9 Å². The SMILES string of the molecule is CC(C)[C@@H](O)CCN(C)Cc1ccccc1. The van der Waals surface area contributed by atoms with Crippen molar-refractivity contribution < 1.29 is 5.11 Å². The largest absolute Gasteiger partial charge is 0.393 e. The van der Waals surface area contributed by atoms with Crippen LogP contribution in [-0.4, -0.2) is 29.7 Å². The summed E-state index contributed by atoms with van der Waals surface area (Å²) < 4.78 is 0. The second-order valence-corrected chi connectivity index (χ2v) is 4.82. The molecule has 1 rings (SSSR count). The molecule has 0 aliphatic rings. The van der Waals surface area contributed by atoms with Gasteiger partial charge in [0.05, 0.1) is 6.10 Å². The van der Waals surface area contributed by atoms with Crippen molar-refractivity contribution in [2.45, 2.75) is 32.9 Å². The van der Waals surface area contributed by atoms with E-state index in [-0.39, 0.29) is 6.10 Å². The molecule has 0 saturated carbocycles. The first-order valence-corrected chi connectivity index (χ1v) is 6.00. The third-order valence-electron chi connectivity index (χ3n) is 2.87. The minimum absolute atomic E-state index is 0.182. The van der Waals surface area contributed by atoms with Crippen LogP contribution < -0.4 is 0 Å². The van der Waals surface area contributed by atoms with Crippen molar-refractivity contribution in [1.29, 1.82) is 0 Å². The molecular weight excluding hydrogens is 198 g/mol. The Morgan fingerprint density at radius 3 is 2.38 bits per heavy atom. The summed E-state index contributed by atoms with van der Waals surface area (Å²) in [4.78, 5) is 2.25. The number of benzene rings is 1. The third-order valence-corrected chi connectivity index (χ3v) is 2.87. The molecule has 2 nitrogen and oxygen atoms in total. The first-order chi connectivity index (χ1) is 7.59. The van der Waals surface area contributed by atoms with E-state index in [0.717, 1.165) is 19.5 Å². The second kappa shape index (κ2) is 6.66. The molecule has 1 aromatic carbocycles. The Bertz CT molecular complexity index is 284. The number of aliphatic hydroxyl groups excluding tert-OH is 1. The summed E-state index contributed by atoms with van der Waals surface area (Å²) in [5.74, 6) is 0.352. The van der Waals surface area contributed by atoms with Crippen LogP contribution in [0.5, 0.6) is 0 Å². The van der Waals surface area contributed by atoms with Crippen LogP contribution in [0.25, 0.3) is 0 Å². The zero-order chi connectivity index (χ0) is 12.0. The van der Waals surface area contributed by atoms with Crippen LogP contribution >= 0.6 is 0 Å². The van der Waals surface area contributed by atoms with Gasteiger partial charge in [-0.2, -0.15) is 0 Å². The molecule has 1 atom stereocenters. The molecule has 1 N–H and O–H groups in total. The van der Waals surface area contributed by atoms with Gasteiger partial charge in [0.1, 0.15) is 0 Å². The Balaban J connectivity index is 2.29. The molecule has 0 aromatic heterocycles. The Kier molecular flexibility index (Phi) is 5.50. The number of hydrogen-bond acceptors (Lipinski definition) is 2. The summed E-state index contributed by atoms with van der Waals surface area (Å²) in [6.07, 6.45) is 0.666. The Labute approximate surface area is 98.9 Å².